The van der Waals surface area contributed by atoms with Crippen LogP contribution in [0.2, 0.25) is 0 Å². The van der Waals surface area contributed by atoms with Gasteiger partial charge in [-0.2, -0.15) is 0 Å². The molecule has 1 aromatic heterocycles. The van der Waals surface area contributed by atoms with Gasteiger partial charge in [0.1, 0.15) is 11.8 Å². The average molecular weight is 393 g/mol. The van der Waals surface area contributed by atoms with Gasteiger partial charge < -0.3 is 25.0 Å². The van der Waals surface area contributed by atoms with Gasteiger partial charge in [0, 0.05) is 31.7 Å². The summed E-state index contributed by atoms with van der Waals surface area (Å²) < 4.78 is 1.79. The van der Waals surface area contributed by atoms with Crippen molar-refractivity contribution in [3.63, 3.8) is 0 Å². The van der Waals surface area contributed by atoms with Crippen LogP contribution in [-0.4, -0.2) is 51.2 Å². The second-order valence-electron chi connectivity index (χ2n) is 6.68. The molecule has 3 rings (SSSR count). The third kappa shape index (κ3) is 4.83. The molecule has 1 heterocycles. The SMILES string of the molecule is CN(Cc1ccccc1)C(=O)[C@H](CO)NC(=O)c1cc(-n2cccc2)ccc1O. The minimum atomic E-state index is -1.12. The lowest BCUT2D eigenvalue weighted by Gasteiger charge is -2.23. The first-order chi connectivity index (χ1) is 14.0. The highest BCUT2D eigenvalue weighted by Gasteiger charge is 2.25. The van der Waals surface area contributed by atoms with Gasteiger partial charge in [-0.25, -0.2) is 0 Å². The van der Waals surface area contributed by atoms with Crippen molar-refractivity contribution in [2.45, 2.75) is 12.6 Å². The van der Waals surface area contributed by atoms with Crippen LogP contribution >= 0.6 is 0 Å². The molecule has 0 spiro atoms. The standard InChI is InChI=1S/C22H23N3O4/c1-24(14-16-7-3-2-4-8-16)22(29)19(15-26)23-21(28)18-13-17(9-10-20(18)27)25-11-5-6-12-25/h2-13,19,26-27H,14-15H2,1H3,(H,23,28)/t19-/m0/s1. The minimum absolute atomic E-state index is 0.0214. The van der Waals surface area contributed by atoms with Crippen LogP contribution in [0.15, 0.2) is 73.1 Å². The molecule has 0 saturated heterocycles. The number of aliphatic hydroxyl groups is 1. The Kier molecular flexibility index (Phi) is 6.31. The molecule has 1 atom stereocenters. The van der Waals surface area contributed by atoms with Gasteiger partial charge in [-0.3, -0.25) is 9.59 Å². The maximum absolute atomic E-state index is 12.7. The van der Waals surface area contributed by atoms with E-state index in [0.29, 0.717) is 12.2 Å². The molecule has 0 unspecified atom stereocenters. The molecule has 2 aromatic carbocycles. The van der Waals surface area contributed by atoms with Crippen LogP contribution in [-0.2, 0) is 11.3 Å². The van der Waals surface area contributed by atoms with E-state index in [1.54, 1.807) is 17.7 Å². The number of amides is 2. The van der Waals surface area contributed by atoms with E-state index in [-0.39, 0.29) is 11.3 Å². The van der Waals surface area contributed by atoms with Crippen molar-refractivity contribution >= 4 is 11.8 Å². The van der Waals surface area contributed by atoms with Gasteiger partial charge in [0.15, 0.2) is 0 Å². The Morgan fingerprint density at radius 3 is 2.41 bits per heavy atom. The molecule has 0 aliphatic rings. The molecule has 0 aliphatic carbocycles. The largest absolute Gasteiger partial charge is 0.507 e. The Labute approximate surface area is 168 Å². The van der Waals surface area contributed by atoms with Crippen LogP contribution in [0.4, 0.5) is 0 Å². The molecule has 7 heteroatoms. The number of nitrogens with zero attached hydrogens (tertiary/aromatic N) is 2. The number of nitrogens with one attached hydrogen (secondary N) is 1. The Hall–Kier alpha value is -3.58. The van der Waals surface area contributed by atoms with E-state index in [2.05, 4.69) is 5.32 Å². The highest BCUT2D eigenvalue weighted by molar-refractivity contribution is 6.00. The predicted molar refractivity (Wildman–Crippen MR) is 109 cm³/mol. The summed E-state index contributed by atoms with van der Waals surface area (Å²) in [5.41, 5.74) is 1.64. The van der Waals surface area contributed by atoms with Gasteiger partial charge in [0.25, 0.3) is 5.91 Å². The molecular formula is C22H23N3O4. The zero-order chi connectivity index (χ0) is 20.8. The number of carbonyl (C=O) groups excluding carboxylic acids is 2. The van der Waals surface area contributed by atoms with Crippen LogP contribution in [0.25, 0.3) is 5.69 Å². The van der Waals surface area contributed by atoms with Crippen LogP contribution in [0, 0.1) is 0 Å². The first kappa shape index (κ1) is 20.2. The van der Waals surface area contributed by atoms with Crippen LogP contribution in [0.5, 0.6) is 5.75 Å². The highest BCUT2D eigenvalue weighted by Crippen LogP contribution is 2.21. The van der Waals surface area contributed by atoms with Crippen molar-refractivity contribution in [1.29, 1.82) is 0 Å². The van der Waals surface area contributed by atoms with Crippen LogP contribution in [0.1, 0.15) is 15.9 Å². The molecule has 0 saturated carbocycles. The van der Waals surface area contributed by atoms with Crippen LogP contribution < -0.4 is 5.32 Å². The number of aromatic hydroxyl groups is 1. The van der Waals surface area contributed by atoms with E-state index in [4.69, 9.17) is 0 Å². The number of hydrogen-bond acceptors (Lipinski definition) is 4. The second-order valence-corrected chi connectivity index (χ2v) is 6.68. The Bertz CT molecular complexity index is 971. The lowest BCUT2D eigenvalue weighted by atomic mass is 10.1. The number of hydrogen-bond donors (Lipinski definition) is 3. The molecule has 2 amide bonds. The Morgan fingerprint density at radius 1 is 1.07 bits per heavy atom. The third-order valence-corrected chi connectivity index (χ3v) is 4.55. The number of carbonyl (C=O) groups is 2. The van der Waals surface area contributed by atoms with Gasteiger partial charge in [-0.05, 0) is 35.9 Å². The summed E-state index contributed by atoms with van der Waals surface area (Å²) in [4.78, 5) is 26.8. The first-order valence-electron chi connectivity index (χ1n) is 9.16. The molecule has 7 nitrogen and oxygen atoms in total. The Balaban J connectivity index is 1.72. The zero-order valence-corrected chi connectivity index (χ0v) is 16.0. The summed E-state index contributed by atoms with van der Waals surface area (Å²) in [6.07, 6.45) is 3.62. The molecule has 0 radical (unpaired) electrons. The van der Waals surface area contributed by atoms with Crippen molar-refractivity contribution < 1.29 is 19.8 Å². The van der Waals surface area contributed by atoms with Gasteiger partial charge in [0.05, 0.1) is 12.2 Å². The second kappa shape index (κ2) is 9.07. The normalized spacial score (nSPS) is 11.7. The molecule has 29 heavy (non-hydrogen) atoms. The lowest BCUT2D eigenvalue weighted by Crippen LogP contribution is -2.49. The number of rotatable bonds is 7. The summed E-state index contributed by atoms with van der Waals surface area (Å²) in [7, 11) is 1.61. The van der Waals surface area contributed by atoms with Crippen LogP contribution in [0.3, 0.4) is 0 Å². The molecule has 150 valence electrons. The molecule has 0 bridgehead atoms. The summed E-state index contributed by atoms with van der Waals surface area (Å²) in [6, 6.07) is 16.6. The lowest BCUT2D eigenvalue weighted by molar-refractivity contribution is -0.133. The number of aromatic nitrogens is 1. The van der Waals surface area contributed by atoms with E-state index in [1.165, 1.54) is 17.0 Å². The maximum Gasteiger partial charge on any atom is 0.255 e. The molecule has 0 fully saturated rings. The van der Waals surface area contributed by atoms with E-state index in [1.807, 2.05) is 54.9 Å². The van der Waals surface area contributed by atoms with E-state index < -0.39 is 24.5 Å². The smallest absolute Gasteiger partial charge is 0.255 e. The fraction of sp³-hybridized carbons (Fsp3) is 0.182. The van der Waals surface area contributed by atoms with Gasteiger partial charge in [0.2, 0.25) is 5.91 Å². The van der Waals surface area contributed by atoms with Gasteiger partial charge in [-0.15, -0.1) is 0 Å². The topological polar surface area (TPSA) is 94.8 Å². The average Bonchev–Trinajstić information content (AvgIpc) is 3.27. The first-order valence-corrected chi connectivity index (χ1v) is 9.16. The number of benzene rings is 2. The number of likely N-dealkylation sites (N-methyl/N-ethyl adjacent to an activating group) is 1. The number of phenolic OH excluding ortho intramolecular Hbond substituents is 1. The number of aliphatic hydroxyl groups excluding tert-OH is 1. The quantitative estimate of drug-likeness (QED) is 0.572. The van der Waals surface area contributed by atoms with Gasteiger partial charge >= 0.3 is 0 Å². The molecule has 0 aliphatic heterocycles. The minimum Gasteiger partial charge on any atom is -0.507 e. The van der Waals surface area contributed by atoms with Crippen molar-refractivity contribution in [1.82, 2.24) is 14.8 Å². The molecular weight excluding hydrogens is 370 g/mol. The summed E-state index contributed by atoms with van der Waals surface area (Å²) in [6.45, 7) is -0.206. The fourth-order valence-electron chi connectivity index (χ4n) is 3.00. The molecule has 3 aromatic rings. The van der Waals surface area contributed by atoms with Crippen molar-refractivity contribution in [3.05, 3.63) is 84.2 Å². The maximum atomic E-state index is 12.7. The highest BCUT2D eigenvalue weighted by atomic mass is 16.3. The van der Waals surface area contributed by atoms with Gasteiger partial charge in [-0.1, -0.05) is 30.3 Å². The summed E-state index contributed by atoms with van der Waals surface area (Å²) in [5, 5.41) is 22.3. The summed E-state index contributed by atoms with van der Waals surface area (Å²) in [5.74, 6) is -1.28. The van der Waals surface area contributed by atoms with E-state index in [0.717, 1.165) is 5.56 Å². The summed E-state index contributed by atoms with van der Waals surface area (Å²) >= 11 is 0. The monoisotopic (exact) mass is 393 g/mol. The molecule has 3 N–H and O–H groups in total. The zero-order valence-electron chi connectivity index (χ0n) is 16.0. The van der Waals surface area contributed by atoms with E-state index in [9.17, 15) is 19.8 Å². The predicted octanol–water partition coefficient (Wildman–Crippen LogP) is 1.93. The Morgan fingerprint density at radius 2 is 1.76 bits per heavy atom. The van der Waals surface area contributed by atoms with Crippen molar-refractivity contribution in [2.24, 2.45) is 0 Å². The number of phenols is 1. The van der Waals surface area contributed by atoms with Crippen molar-refractivity contribution in [2.75, 3.05) is 13.7 Å². The van der Waals surface area contributed by atoms with Crippen molar-refractivity contribution in [3.8, 4) is 11.4 Å². The van der Waals surface area contributed by atoms with E-state index >= 15 is 0 Å². The fourth-order valence-corrected chi connectivity index (χ4v) is 3.00. The third-order valence-electron chi connectivity index (χ3n) is 4.55.